The van der Waals surface area contributed by atoms with Crippen LogP contribution in [-0.2, 0) is 4.74 Å². The third kappa shape index (κ3) is 1.70. The van der Waals surface area contributed by atoms with Gasteiger partial charge >= 0.3 is 5.97 Å². The Morgan fingerprint density at radius 2 is 2.50 bits per heavy atom. The molecular weight excluding hydrogens is 161 g/mol. The monoisotopic (exact) mass is 167 g/mol. The molecule has 0 unspecified atom stereocenters. The van der Waals surface area contributed by atoms with Crippen molar-refractivity contribution in [3.05, 3.63) is 12.2 Å². The van der Waals surface area contributed by atoms with Crippen LogP contribution >= 0.6 is 12.4 Å². The second-order valence-corrected chi connectivity index (χ2v) is 1.33. The molecule has 0 radical (unpaired) electrons. The molecule has 0 saturated carbocycles. The maximum atomic E-state index is 10.5. The van der Waals surface area contributed by atoms with Crippen molar-refractivity contribution < 1.29 is 9.53 Å². The minimum Gasteiger partial charge on any atom is -0.463 e. The van der Waals surface area contributed by atoms with Crippen molar-refractivity contribution in [3.8, 4) is 0 Å². The van der Waals surface area contributed by atoms with Gasteiger partial charge < -0.3 is 4.74 Å². The first-order chi connectivity index (χ1) is 4.34. The Morgan fingerprint density at radius 3 is 2.90 bits per heavy atom. The molecule has 0 fully saturated rings. The molecule has 0 saturated heterocycles. The van der Waals surface area contributed by atoms with Gasteiger partial charge in [-0.2, -0.15) is 5.10 Å². The molecule has 0 amide bonds. The zero-order valence-corrected chi connectivity index (χ0v) is 6.01. The first kappa shape index (κ1) is 8.90. The molecule has 0 aliphatic heterocycles. The molecule has 6 heteroatoms. The van der Waals surface area contributed by atoms with Crippen LogP contribution in [0.5, 0.6) is 0 Å². The standard InChI is InChI=1S/C4H5N3O2.ClH/c1-9-4(8)3-5-2-6-7-3;/h2H,1H3,(H,5,6,7);1H/i2+1,3+1,4+1,5+1;. The molecule has 1 heterocycles. The van der Waals surface area contributed by atoms with Crippen molar-refractivity contribution in [3.63, 3.8) is 0 Å². The lowest BCUT2D eigenvalue weighted by Crippen LogP contribution is -2.02. The van der Waals surface area contributed by atoms with Crippen LogP contribution in [0.1, 0.15) is 10.6 Å². The number of nitrogens with one attached hydrogen (secondary N) is 1. The highest BCUT2D eigenvalue weighted by molar-refractivity contribution is 5.85. The maximum Gasteiger partial charge on any atom is 0.375 e. The van der Waals surface area contributed by atoms with Gasteiger partial charge in [0.1, 0.15) is 6.33 Å². The minimum absolute atomic E-state index is 0. The molecule has 0 aromatic carbocycles. The number of nitrogens with zero attached hydrogens (tertiary/aromatic N) is 2. The van der Waals surface area contributed by atoms with E-state index in [1.807, 2.05) is 0 Å². The van der Waals surface area contributed by atoms with E-state index in [1.54, 1.807) is 0 Å². The summed E-state index contributed by atoms with van der Waals surface area (Å²) in [6, 6.07) is 0. The van der Waals surface area contributed by atoms with E-state index >= 15 is 0 Å². The first-order valence-corrected chi connectivity index (χ1v) is 2.28. The zero-order valence-electron chi connectivity index (χ0n) is 5.20. The summed E-state index contributed by atoms with van der Waals surface area (Å²) in [7, 11) is 1.28. The van der Waals surface area contributed by atoms with Crippen LogP contribution in [0.4, 0.5) is 0 Å². The molecule has 1 N–H and O–H groups in total. The van der Waals surface area contributed by atoms with Crippen molar-refractivity contribution in [1.29, 1.82) is 0 Å². The van der Waals surface area contributed by atoms with Crippen molar-refractivity contribution in [2.75, 3.05) is 7.11 Å². The molecular formula is C4H6ClN3O2. The van der Waals surface area contributed by atoms with Gasteiger partial charge in [0.2, 0.25) is 5.82 Å². The lowest BCUT2D eigenvalue weighted by Gasteiger charge is -1.88. The molecule has 1 aromatic heterocycles. The fraction of sp³-hybridized carbons (Fsp3) is 0.250. The SMILES string of the molecule is CO[13C](=O)[13c]1[nH]n[13cH][15n]1.Cl. The van der Waals surface area contributed by atoms with E-state index < -0.39 is 5.97 Å². The number of carbonyl (C=O) groups is 1. The molecule has 5 nitrogen and oxygen atoms in total. The Labute approximate surface area is 63.2 Å². The van der Waals surface area contributed by atoms with Crippen molar-refractivity contribution in [2.45, 2.75) is 0 Å². The minimum atomic E-state index is -0.507. The average Bonchev–Trinajstić information content (AvgIpc) is 2.37. The molecule has 0 aliphatic carbocycles. The second-order valence-electron chi connectivity index (χ2n) is 1.33. The molecule has 0 aliphatic rings. The molecule has 10 heavy (non-hydrogen) atoms. The third-order valence-electron chi connectivity index (χ3n) is 0.794. The van der Waals surface area contributed by atoms with Gasteiger partial charge in [0, 0.05) is 0 Å². The van der Waals surface area contributed by atoms with Gasteiger partial charge in [-0.15, -0.1) is 12.4 Å². The first-order valence-electron chi connectivity index (χ1n) is 2.28. The Kier molecular flexibility index (Phi) is 3.42. The van der Waals surface area contributed by atoms with E-state index in [2.05, 4.69) is 19.9 Å². The topological polar surface area (TPSA) is 67.9 Å². The highest BCUT2D eigenvalue weighted by atomic mass is 35.5. The predicted octanol–water partition coefficient (Wildman–Crippen LogP) is 0.0131. The number of rotatable bonds is 1. The van der Waals surface area contributed by atoms with E-state index in [9.17, 15) is 4.79 Å². The summed E-state index contributed by atoms with van der Waals surface area (Å²) in [6.07, 6.45) is 1.24. The van der Waals surface area contributed by atoms with Gasteiger partial charge in [-0.05, 0) is 0 Å². The Bertz CT molecular complexity index is 198. The normalized spacial score (nSPS) is 8.10. The fourth-order valence-electron chi connectivity index (χ4n) is 0.401. The maximum absolute atomic E-state index is 10.5. The highest BCUT2D eigenvalue weighted by Gasteiger charge is 2.05. The van der Waals surface area contributed by atoms with Gasteiger partial charge in [0.25, 0.3) is 0 Å². The van der Waals surface area contributed by atoms with Crippen molar-refractivity contribution in [1.82, 2.24) is 15.2 Å². The van der Waals surface area contributed by atoms with Gasteiger partial charge in [0.15, 0.2) is 0 Å². The van der Waals surface area contributed by atoms with E-state index in [0.717, 1.165) is 0 Å². The average molecular weight is 168 g/mol. The highest BCUT2D eigenvalue weighted by Crippen LogP contribution is 1.86. The summed E-state index contributed by atoms with van der Waals surface area (Å²) >= 11 is 0. The number of hydrogen-bond donors (Lipinski definition) is 1. The van der Waals surface area contributed by atoms with E-state index in [0.29, 0.717) is 0 Å². The van der Waals surface area contributed by atoms with E-state index in [-0.39, 0.29) is 18.2 Å². The number of hydrogen-bond acceptors (Lipinski definition) is 4. The summed E-state index contributed by atoms with van der Waals surface area (Å²) in [4.78, 5) is 14.1. The van der Waals surface area contributed by atoms with E-state index in [4.69, 9.17) is 0 Å². The van der Waals surface area contributed by atoms with Gasteiger partial charge in [-0.3, -0.25) is 5.10 Å². The molecule has 1 aromatic rings. The van der Waals surface area contributed by atoms with Crippen LogP contribution in [0.3, 0.4) is 0 Å². The predicted molar refractivity (Wildman–Crippen MR) is 35.0 cm³/mol. The summed E-state index contributed by atoms with van der Waals surface area (Å²) in [5.41, 5.74) is 0. The summed E-state index contributed by atoms with van der Waals surface area (Å²) < 4.78 is 4.32. The summed E-state index contributed by atoms with van der Waals surface area (Å²) in [5, 5.41) is 5.81. The number of aromatic amines is 1. The Morgan fingerprint density at radius 1 is 1.80 bits per heavy atom. The smallest absolute Gasteiger partial charge is 0.375 e. The third-order valence-corrected chi connectivity index (χ3v) is 0.794. The Hall–Kier alpha value is -1.10. The van der Waals surface area contributed by atoms with Crippen LogP contribution in [-0.4, -0.2) is 28.3 Å². The molecule has 0 atom stereocenters. The Balaban J connectivity index is 0.000000810. The van der Waals surface area contributed by atoms with Crippen LogP contribution in [0.15, 0.2) is 6.33 Å². The van der Waals surface area contributed by atoms with Crippen LogP contribution < -0.4 is 0 Å². The largest absolute Gasteiger partial charge is 0.463 e. The van der Waals surface area contributed by atoms with Crippen LogP contribution in [0.25, 0.3) is 0 Å². The number of methoxy groups -OCH3 is 1. The van der Waals surface area contributed by atoms with Crippen LogP contribution in [0.2, 0.25) is 0 Å². The molecule has 0 bridgehead atoms. The number of H-pyrrole nitrogens is 1. The second kappa shape index (κ2) is 3.84. The number of carbonyl (C=O) groups excluding carboxylic acids is 1. The quantitative estimate of drug-likeness (QED) is 0.473. The number of halogens is 1. The molecule has 0 spiro atoms. The summed E-state index contributed by atoms with van der Waals surface area (Å²) in [5.74, 6) is -0.384. The zero-order chi connectivity index (χ0) is 6.69. The van der Waals surface area contributed by atoms with Crippen molar-refractivity contribution >= 4 is 18.4 Å². The molecule has 1 rings (SSSR count). The van der Waals surface area contributed by atoms with E-state index in [1.165, 1.54) is 13.4 Å². The molecule has 56 valence electrons. The summed E-state index contributed by atoms with van der Waals surface area (Å²) in [6.45, 7) is 0. The van der Waals surface area contributed by atoms with Gasteiger partial charge in [-0.25, -0.2) is 9.78 Å². The lowest BCUT2D eigenvalue weighted by atomic mass is 11.5. The van der Waals surface area contributed by atoms with Crippen molar-refractivity contribution in [2.24, 2.45) is 0 Å². The van der Waals surface area contributed by atoms with Crippen LogP contribution in [0, 0.1) is 0 Å². The van der Waals surface area contributed by atoms with Gasteiger partial charge in [-0.1, -0.05) is 0 Å². The van der Waals surface area contributed by atoms with Gasteiger partial charge in [0.05, 0.1) is 7.11 Å². The number of aromatic nitrogens is 3. The lowest BCUT2D eigenvalue weighted by molar-refractivity contribution is 0.0587. The fourth-order valence-corrected chi connectivity index (χ4v) is 0.401. The number of ether oxygens (including phenoxy) is 1. The number of esters is 1.